The van der Waals surface area contributed by atoms with E-state index in [1.165, 1.54) is 7.11 Å². The second-order valence-electron chi connectivity index (χ2n) is 4.21. The van der Waals surface area contributed by atoms with E-state index < -0.39 is 23.0 Å². The van der Waals surface area contributed by atoms with Crippen molar-refractivity contribution in [3.63, 3.8) is 0 Å². The summed E-state index contributed by atoms with van der Waals surface area (Å²) in [5.74, 6) is -2.89. The Morgan fingerprint density at radius 2 is 2.06 bits per heavy atom. The average molecular weight is 242 g/mol. The van der Waals surface area contributed by atoms with Crippen molar-refractivity contribution in [1.82, 2.24) is 0 Å². The summed E-state index contributed by atoms with van der Waals surface area (Å²) in [6.45, 7) is 0. The summed E-state index contributed by atoms with van der Waals surface area (Å²) in [6, 6.07) is 1.74. The highest BCUT2D eigenvalue weighted by Crippen LogP contribution is 2.48. The van der Waals surface area contributed by atoms with Gasteiger partial charge in [0.15, 0.2) is 11.6 Å². The van der Waals surface area contributed by atoms with Crippen LogP contribution in [0.25, 0.3) is 0 Å². The van der Waals surface area contributed by atoms with Gasteiger partial charge in [-0.3, -0.25) is 4.79 Å². The lowest BCUT2D eigenvalue weighted by Crippen LogP contribution is -2.42. The molecule has 1 N–H and O–H groups in total. The van der Waals surface area contributed by atoms with Crippen LogP contribution in [0.4, 0.5) is 8.78 Å². The number of halogens is 2. The maximum Gasteiger partial charge on any atom is 0.314 e. The minimum atomic E-state index is -1.20. The zero-order valence-electron chi connectivity index (χ0n) is 9.30. The van der Waals surface area contributed by atoms with Gasteiger partial charge in [0, 0.05) is 11.6 Å². The van der Waals surface area contributed by atoms with E-state index in [-0.39, 0.29) is 11.3 Å². The van der Waals surface area contributed by atoms with Gasteiger partial charge in [0.1, 0.15) is 5.82 Å². The lowest BCUT2D eigenvalue weighted by molar-refractivity contribution is -0.147. The van der Waals surface area contributed by atoms with E-state index in [2.05, 4.69) is 0 Å². The lowest BCUT2D eigenvalue weighted by Gasteiger charge is -2.38. The first kappa shape index (κ1) is 11.8. The molecule has 5 heteroatoms. The molecule has 1 aliphatic carbocycles. The fourth-order valence-corrected chi connectivity index (χ4v) is 2.25. The van der Waals surface area contributed by atoms with Gasteiger partial charge in [-0.05, 0) is 18.9 Å². The van der Waals surface area contributed by atoms with Crippen molar-refractivity contribution in [3.05, 3.63) is 29.3 Å². The molecule has 1 aromatic rings. The summed E-state index contributed by atoms with van der Waals surface area (Å²) in [7, 11) is 1.24. The van der Waals surface area contributed by atoms with E-state index in [1.54, 1.807) is 0 Å². The first-order valence-corrected chi connectivity index (χ1v) is 5.28. The number of carboxylic acid groups (broad SMARTS) is 1. The van der Waals surface area contributed by atoms with Crippen LogP contribution in [-0.2, 0) is 10.2 Å². The molecule has 3 nitrogen and oxygen atoms in total. The molecule has 1 saturated carbocycles. The van der Waals surface area contributed by atoms with Crippen LogP contribution in [-0.4, -0.2) is 18.2 Å². The Morgan fingerprint density at radius 3 is 2.47 bits per heavy atom. The van der Waals surface area contributed by atoms with Crippen LogP contribution < -0.4 is 4.74 Å². The molecule has 0 spiro atoms. The van der Waals surface area contributed by atoms with Crippen LogP contribution in [0.15, 0.2) is 12.1 Å². The molecular formula is C12H12F2O3. The minimum absolute atomic E-state index is 0.0938. The van der Waals surface area contributed by atoms with Crippen molar-refractivity contribution >= 4 is 5.97 Å². The molecule has 92 valence electrons. The van der Waals surface area contributed by atoms with Crippen LogP contribution in [0, 0.1) is 11.6 Å². The van der Waals surface area contributed by atoms with Gasteiger partial charge in [-0.1, -0.05) is 6.42 Å². The predicted octanol–water partition coefficient (Wildman–Crippen LogP) is 2.48. The van der Waals surface area contributed by atoms with Crippen LogP contribution in [0.2, 0.25) is 0 Å². The number of carbonyl (C=O) groups is 1. The SMILES string of the molecule is COc1c(F)cc(F)cc1C1(C(=O)O)CCC1. The molecule has 0 atom stereocenters. The zero-order chi connectivity index (χ0) is 12.6. The van der Waals surface area contributed by atoms with E-state index in [0.717, 1.165) is 12.5 Å². The highest BCUT2D eigenvalue weighted by molar-refractivity contribution is 5.83. The molecule has 1 aliphatic rings. The summed E-state index contributed by atoms with van der Waals surface area (Å²) in [6.07, 6.45) is 1.48. The number of hydrogen-bond donors (Lipinski definition) is 1. The lowest BCUT2D eigenvalue weighted by atomic mass is 9.64. The fraction of sp³-hybridized carbons (Fsp3) is 0.417. The van der Waals surface area contributed by atoms with Crippen molar-refractivity contribution in [2.75, 3.05) is 7.11 Å². The Bertz CT molecular complexity index is 467. The maximum atomic E-state index is 13.5. The molecule has 0 amide bonds. The largest absolute Gasteiger partial charge is 0.493 e. The molecule has 0 bridgehead atoms. The first-order valence-electron chi connectivity index (χ1n) is 5.28. The summed E-state index contributed by atoms with van der Waals surface area (Å²) < 4.78 is 31.6. The van der Waals surface area contributed by atoms with Crippen molar-refractivity contribution in [1.29, 1.82) is 0 Å². The smallest absolute Gasteiger partial charge is 0.314 e. The molecule has 2 rings (SSSR count). The van der Waals surface area contributed by atoms with Crippen LogP contribution in [0.5, 0.6) is 5.75 Å². The highest BCUT2D eigenvalue weighted by Gasteiger charge is 2.48. The monoisotopic (exact) mass is 242 g/mol. The summed E-state index contributed by atoms with van der Waals surface area (Å²) in [5, 5.41) is 9.24. The number of carboxylic acids is 1. The number of hydrogen-bond acceptors (Lipinski definition) is 2. The molecule has 0 unspecified atom stereocenters. The van der Waals surface area contributed by atoms with Crippen LogP contribution in [0.3, 0.4) is 0 Å². The molecule has 0 aliphatic heterocycles. The Balaban J connectivity index is 2.61. The number of rotatable bonds is 3. The number of methoxy groups -OCH3 is 1. The second kappa shape index (κ2) is 3.98. The van der Waals surface area contributed by atoms with Crippen LogP contribution in [0.1, 0.15) is 24.8 Å². The fourth-order valence-electron chi connectivity index (χ4n) is 2.25. The summed E-state index contributed by atoms with van der Waals surface area (Å²) in [5.41, 5.74) is -1.11. The standard InChI is InChI=1S/C12H12F2O3/c1-17-10-8(5-7(13)6-9(10)14)12(11(15)16)3-2-4-12/h5-6H,2-4H2,1H3,(H,15,16). The Labute approximate surface area is 97.0 Å². The topological polar surface area (TPSA) is 46.5 Å². The van der Waals surface area contributed by atoms with Crippen molar-refractivity contribution in [2.45, 2.75) is 24.7 Å². The Hall–Kier alpha value is -1.65. The number of benzene rings is 1. The van der Waals surface area contributed by atoms with Gasteiger partial charge >= 0.3 is 5.97 Å². The van der Waals surface area contributed by atoms with Gasteiger partial charge in [0.25, 0.3) is 0 Å². The molecule has 0 aromatic heterocycles. The number of ether oxygens (including phenoxy) is 1. The molecule has 0 radical (unpaired) electrons. The zero-order valence-corrected chi connectivity index (χ0v) is 9.30. The van der Waals surface area contributed by atoms with Gasteiger partial charge in [-0.2, -0.15) is 0 Å². The van der Waals surface area contributed by atoms with Gasteiger partial charge in [-0.25, -0.2) is 8.78 Å². The predicted molar refractivity (Wildman–Crippen MR) is 56.1 cm³/mol. The van der Waals surface area contributed by atoms with Gasteiger partial charge in [0.2, 0.25) is 0 Å². The van der Waals surface area contributed by atoms with E-state index in [0.29, 0.717) is 18.9 Å². The van der Waals surface area contributed by atoms with Crippen molar-refractivity contribution < 1.29 is 23.4 Å². The Kier molecular flexibility index (Phi) is 2.77. The molecular weight excluding hydrogens is 230 g/mol. The van der Waals surface area contributed by atoms with E-state index >= 15 is 0 Å². The van der Waals surface area contributed by atoms with Gasteiger partial charge in [0.05, 0.1) is 12.5 Å². The first-order chi connectivity index (χ1) is 8.01. The summed E-state index contributed by atoms with van der Waals surface area (Å²) in [4.78, 5) is 11.3. The molecule has 0 heterocycles. The minimum Gasteiger partial charge on any atom is -0.493 e. The summed E-state index contributed by atoms with van der Waals surface area (Å²) >= 11 is 0. The van der Waals surface area contributed by atoms with E-state index in [4.69, 9.17) is 4.74 Å². The third kappa shape index (κ3) is 1.66. The third-order valence-electron chi connectivity index (χ3n) is 3.34. The molecule has 17 heavy (non-hydrogen) atoms. The molecule has 0 saturated heterocycles. The van der Waals surface area contributed by atoms with E-state index in [1.807, 2.05) is 0 Å². The molecule has 1 aromatic carbocycles. The third-order valence-corrected chi connectivity index (χ3v) is 3.34. The van der Waals surface area contributed by atoms with Gasteiger partial charge in [-0.15, -0.1) is 0 Å². The Morgan fingerprint density at radius 1 is 1.41 bits per heavy atom. The normalized spacial score (nSPS) is 17.4. The average Bonchev–Trinajstić information content (AvgIpc) is 2.14. The van der Waals surface area contributed by atoms with Gasteiger partial charge < -0.3 is 9.84 Å². The maximum absolute atomic E-state index is 13.5. The van der Waals surface area contributed by atoms with E-state index in [9.17, 15) is 18.7 Å². The number of aliphatic carboxylic acids is 1. The van der Waals surface area contributed by atoms with Crippen molar-refractivity contribution in [2.24, 2.45) is 0 Å². The second-order valence-corrected chi connectivity index (χ2v) is 4.21. The highest BCUT2D eigenvalue weighted by atomic mass is 19.1. The van der Waals surface area contributed by atoms with Crippen molar-refractivity contribution in [3.8, 4) is 5.75 Å². The quantitative estimate of drug-likeness (QED) is 0.885. The van der Waals surface area contributed by atoms with Crippen LogP contribution >= 0.6 is 0 Å². The molecule has 1 fully saturated rings.